The Labute approximate surface area is 109 Å². The number of hydrogen-bond acceptors (Lipinski definition) is 3. The minimum atomic E-state index is 0.512. The van der Waals surface area contributed by atoms with Gasteiger partial charge in [-0.05, 0) is 17.7 Å². The van der Waals surface area contributed by atoms with Crippen molar-refractivity contribution in [3.05, 3.63) is 29.5 Å². The molecule has 0 radical (unpaired) electrons. The number of hydrogen-bond donors (Lipinski definition) is 1. The fourth-order valence-corrected chi connectivity index (χ4v) is 2.32. The molecule has 18 heavy (non-hydrogen) atoms. The molecule has 2 aromatic heterocycles. The van der Waals surface area contributed by atoms with E-state index in [-0.39, 0.29) is 0 Å². The molecule has 0 atom stereocenters. The average Bonchev–Trinajstić information content (AvgIpc) is 2.82. The number of aromatic nitrogens is 4. The van der Waals surface area contributed by atoms with E-state index in [0.29, 0.717) is 11.0 Å². The number of nitrogen functional groups attached to an aromatic ring is 1. The summed E-state index contributed by atoms with van der Waals surface area (Å²) in [7, 11) is 3.68. The molecule has 92 valence electrons. The van der Waals surface area contributed by atoms with E-state index in [1.165, 1.54) is 0 Å². The average molecular weight is 262 g/mol. The number of halogens is 1. The second-order valence-electron chi connectivity index (χ2n) is 4.21. The summed E-state index contributed by atoms with van der Waals surface area (Å²) < 4.78 is 3.41. The molecule has 0 saturated carbocycles. The van der Waals surface area contributed by atoms with Crippen LogP contribution in [0.4, 0.5) is 5.82 Å². The Balaban J connectivity index is 2.25. The molecule has 0 aliphatic heterocycles. The predicted molar refractivity (Wildman–Crippen MR) is 72.3 cm³/mol. The van der Waals surface area contributed by atoms with E-state index < -0.39 is 0 Å². The van der Waals surface area contributed by atoms with Crippen LogP contribution >= 0.6 is 11.6 Å². The van der Waals surface area contributed by atoms with Crippen molar-refractivity contribution >= 4 is 28.3 Å². The lowest BCUT2D eigenvalue weighted by atomic mass is 10.1. The lowest BCUT2D eigenvalue weighted by molar-refractivity contribution is 0.779. The van der Waals surface area contributed by atoms with Gasteiger partial charge in [-0.2, -0.15) is 10.2 Å². The lowest BCUT2D eigenvalue weighted by Crippen LogP contribution is -1.98. The number of anilines is 1. The van der Waals surface area contributed by atoms with E-state index in [2.05, 4.69) is 10.2 Å². The van der Waals surface area contributed by atoms with Crippen molar-refractivity contribution in [2.75, 3.05) is 5.73 Å². The van der Waals surface area contributed by atoms with Crippen LogP contribution in [0.5, 0.6) is 0 Å². The molecule has 0 amide bonds. The van der Waals surface area contributed by atoms with Crippen LogP contribution in [0.2, 0.25) is 5.15 Å². The Bertz CT molecular complexity index is 740. The number of nitrogens with two attached hydrogens (primary N) is 1. The Kier molecular flexibility index (Phi) is 2.31. The number of benzene rings is 1. The second kappa shape index (κ2) is 3.74. The zero-order chi connectivity index (χ0) is 12.9. The van der Waals surface area contributed by atoms with Gasteiger partial charge in [-0.15, -0.1) is 0 Å². The molecular formula is C12H12ClN5. The molecule has 0 spiro atoms. The van der Waals surface area contributed by atoms with Gasteiger partial charge in [-0.1, -0.05) is 17.7 Å². The van der Waals surface area contributed by atoms with Crippen molar-refractivity contribution < 1.29 is 0 Å². The maximum Gasteiger partial charge on any atom is 0.158 e. The van der Waals surface area contributed by atoms with Crippen molar-refractivity contribution in [3.8, 4) is 11.1 Å². The summed E-state index contributed by atoms with van der Waals surface area (Å²) >= 11 is 6.04. The minimum Gasteiger partial charge on any atom is -0.383 e. The van der Waals surface area contributed by atoms with E-state index >= 15 is 0 Å². The molecule has 0 saturated heterocycles. The zero-order valence-electron chi connectivity index (χ0n) is 10.1. The Morgan fingerprint density at radius 1 is 1.22 bits per heavy atom. The largest absolute Gasteiger partial charge is 0.383 e. The molecule has 2 N–H and O–H groups in total. The first-order chi connectivity index (χ1) is 8.58. The van der Waals surface area contributed by atoms with Crippen molar-refractivity contribution in [1.29, 1.82) is 0 Å². The Morgan fingerprint density at radius 3 is 2.67 bits per heavy atom. The highest BCUT2D eigenvalue weighted by Gasteiger charge is 2.11. The van der Waals surface area contributed by atoms with Gasteiger partial charge in [0.2, 0.25) is 0 Å². The van der Waals surface area contributed by atoms with Crippen LogP contribution in [-0.4, -0.2) is 19.6 Å². The highest BCUT2D eigenvalue weighted by Crippen LogP contribution is 2.30. The van der Waals surface area contributed by atoms with Gasteiger partial charge >= 0.3 is 0 Å². The summed E-state index contributed by atoms with van der Waals surface area (Å²) in [6.45, 7) is 0. The van der Waals surface area contributed by atoms with E-state index in [1.807, 2.05) is 32.3 Å². The first kappa shape index (κ1) is 11.1. The monoisotopic (exact) mass is 261 g/mol. The van der Waals surface area contributed by atoms with Gasteiger partial charge in [0, 0.05) is 25.0 Å². The summed E-state index contributed by atoms with van der Waals surface area (Å²) in [5.41, 5.74) is 8.87. The molecule has 0 fully saturated rings. The van der Waals surface area contributed by atoms with E-state index in [9.17, 15) is 0 Å². The number of nitrogens with zero attached hydrogens (tertiary/aromatic N) is 4. The summed E-state index contributed by atoms with van der Waals surface area (Å²) in [4.78, 5) is 0. The molecule has 3 aromatic rings. The first-order valence-electron chi connectivity index (χ1n) is 5.48. The number of aryl methyl sites for hydroxylation is 2. The SMILES string of the molecule is Cn1ncc(-c2ccc3c(Cl)nn(C)c3c2)c1N. The molecule has 0 bridgehead atoms. The Morgan fingerprint density at radius 2 is 2.00 bits per heavy atom. The van der Waals surface area contributed by atoms with Crippen LogP contribution in [0, 0.1) is 0 Å². The summed E-state index contributed by atoms with van der Waals surface area (Å²) in [5, 5.41) is 9.77. The molecule has 6 heteroatoms. The standard InChI is InChI=1S/C12H12ClN5/c1-17-10-5-7(3-4-8(10)11(13)16-17)9-6-15-18(2)12(9)14/h3-6H,14H2,1-2H3. The van der Waals surface area contributed by atoms with Gasteiger partial charge in [0.1, 0.15) is 5.82 Å². The molecule has 3 rings (SSSR count). The molecule has 0 aliphatic carbocycles. The summed E-state index contributed by atoms with van der Waals surface area (Å²) in [6.07, 6.45) is 1.76. The summed E-state index contributed by atoms with van der Waals surface area (Å²) in [6, 6.07) is 5.94. The highest BCUT2D eigenvalue weighted by molar-refractivity contribution is 6.34. The molecule has 5 nitrogen and oxygen atoms in total. The smallest absolute Gasteiger partial charge is 0.158 e. The van der Waals surface area contributed by atoms with Gasteiger partial charge in [0.05, 0.1) is 11.7 Å². The fraction of sp³-hybridized carbons (Fsp3) is 0.167. The van der Waals surface area contributed by atoms with Gasteiger partial charge in [-0.25, -0.2) is 0 Å². The maximum atomic E-state index is 6.04. The second-order valence-corrected chi connectivity index (χ2v) is 4.57. The minimum absolute atomic E-state index is 0.512. The molecule has 1 aromatic carbocycles. The third-order valence-corrected chi connectivity index (χ3v) is 3.38. The molecular weight excluding hydrogens is 250 g/mol. The molecule has 2 heterocycles. The van der Waals surface area contributed by atoms with Crippen LogP contribution in [0.3, 0.4) is 0 Å². The quantitative estimate of drug-likeness (QED) is 0.731. The summed E-state index contributed by atoms with van der Waals surface area (Å²) in [5.74, 6) is 0.641. The van der Waals surface area contributed by atoms with Crippen molar-refractivity contribution in [2.45, 2.75) is 0 Å². The third-order valence-electron chi connectivity index (χ3n) is 3.10. The third kappa shape index (κ3) is 1.48. The highest BCUT2D eigenvalue weighted by atomic mass is 35.5. The van der Waals surface area contributed by atoms with Crippen molar-refractivity contribution in [3.63, 3.8) is 0 Å². The normalized spacial score (nSPS) is 11.3. The predicted octanol–water partition coefficient (Wildman–Crippen LogP) is 2.21. The van der Waals surface area contributed by atoms with Crippen molar-refractivity contribution in [1.82, 2.24) is 19.6 Å². The van der Waals surface area contributed by atoms with E-state index in [1.54, 1.807) is 15.6 Å². The fourth-order valence-electron chi connectivity index (χ4n) is 2.05. The lowest BCUT2D eigenvalue weighted by Gasteiger charge is -2.02. The van der Waals surface area contributed by atoms with Gasteiger partial charge in [-0.3, -0.25) is 9.36 Å². The van der Waals surface area contributed by atoms with E-state index in [4.69, 9.17) is 17.3 Å². The first-order valence-corrected chi connectivity index (χ1v) is 5.86. The van der Waals surface area contributed by atoms with Crippen LogP contribution in [-0.2, 0) is 14.1 Å². The van der Waals surface area contributed by atoms with Gasteiger partial charge < -0.3 is 5.73 Å². The zero-order valence-corrected chi connectivity index (χ0v) is 10.8. The Hall–Kier alpha value is -2.01. The number of rotatable bonds is 1. The van der Waals surface area contributed by atoms with Gasteiger partial charge in [0.15, 0.2) is 5.15 Å². The molecule has 0 unspecified atom stereocenters. The van der Waals surface area contributed by atoms with Crippen LogP contribution < -0.4 is 5.73 Å². The van der Waals surface area contributed by atoms with Crippen LogP contribution in [0.15, 0.2) is 24.4 Å². The number of fused-ring (bicyclic) bond motifs is 1. The van der Waals surface area contributed by atoms with Gasteiger partial charge in [0.25, 0.3) is 0 Å². The maximum absolute atomic E-state index is 6.04. The molecule has 0 aliphatic rings. The van der Waals surface area contributed by atoms with Crippen molar-refractivity contribution in [2.24, 2.45) is 14.1 Å². The van der Waals surface area contributed by atoms with Crippen LogP contribution in [0.1, 0.15) is 0 Å². The van der Waals surface area contributed by atoms with Crippen LogP contribution in [0.25, 0.3) is 22.0 Å². The topological polar surface area (TPSA) is 61.7 Å². The van der Waals surface area contributed by atoms with E-state index in [0.717, 1.165) is 22.0 Å².